The monoisotopic (exact) mass is 290 g/mol. The summed E-state index contributed by atoms with van der Waals surface area (Å²) in [5, 5.41) is 10.6. The first-order valence-electron chi connectivity index (χ1n) is 7.00. The minimum atomic E-state index is -0.0864. The lowest BCUT2D eigenvalue weighted by molar-refractivity contribution is -0.117. The van der Waals surface area contributed by atoms with Crippen LogP contribution >= 0.6 is 0 Å². The summed E-state index contributed by atoms with van der Waals surface area (Å²) in [4.78, 5) is 18.2. The summed E-state index contributed by atoms with van der Waals surface area (Å²) in [6.07, 6.45) is 5.38. The van der Waals surface area contributed by atoms with Gasteiger partial charge in [-0.25, -0.2) is 4.98 Å². The van der Waals surface area contributed by atoms with Crippen molar-refractivity contribution >= 4 is 11.8 Å². The summed E-state index contributed by atoms with van der Waals surface area (Å²) in [6, 6.07) is 2.02. The van der Waals surface area contributed by atoms with Crippen LogP contribution in [0.25, 0.3) is 0 Å². The Morgan fingerprint density at radius 2 is 2.48 bits per heavy atom. The molecule has 1 aliphatic rings. The Balaban J connectivity index is 1.54. The number of nitrogens with zero attached hydrogens (tertiary/aromatic N) is 5. The third-order valence-corrected chi connectivity index (χ3v) is 3.60. The van der Waals surface area contributed by atoms with Gasteiger partial charge in [0.05, 0.1) is 18.8 Å². The van der Waals surface area contributed by atoms with Gasteiger partial charge in [-0.3, -0.25) is 19.7 Å². The fourth-order valence-electron chi connectivity index (χ4n) is 2.64. The fourth-order valence-corrected chi connectivity index (χ4v) is 2.64. The van der Waals surface area contributed by atoms with Crippen LogP contribution in [0.5, 0.6) is 0 Å². The summed E-state index contributed by atoms with van der Waals surface area (Å²) in [7, 11) is 0. The van der Waals surface area contributed by atoms with Crippen LogP contribution in [-0.4, -0.2) is 49.9 Å². The molecule has 0 unspecified atom stereocenters. The van der Waals surface area contributed by atoms with Crippen LogP contribution in [0.3, 0.4) is 0 Å². The fraction of sp³-hybridized carbons (Fsp3) is 0.538. The third-order valence-electron chi connectivity index (χ3n) is 3.60. The van der Waals surface area contributed by atoms with Crippen LogP contribution < -0.4 is 5.32 Å². The Kier molecular flexibility index (Phi) is 3.96. The maximum absolute atomic E-state index is 12.1. The van der Waals surface area contributed by atoms with Gasteiger partial charge < -0.3 is 4.52 Å². The van der Waals surface area contributed by atoms with E-state index in [-0.39, 0.29) is 5.91 Å². The van der Waals surface area contributed by atoms with Crippen LogP contribution in [0.1, 0.15) is 18.5 Å². The van der Waals surface area contributed by atoms with Gasteiger partial charge >= 0.3 is 0 Å². The molecule has 2 aromatic heterocycles. The average Bonchev–Trinajstić information content (AvgIpc) is 3.15. The second-order valence-corrected chi connectivity index (χ2v) is 5.26. The number of carbonyl (C=O) groups excluding carboxylic acids is 1. The van der Waals surface area contributed by atoms with Crippen molar-refractivity contribution in [2.75, 3.05) is 18.4 Å². The van der Waals surface area contributed by atoms with E-state index < -0.39 is 0 Å². The van der Waals surface area contributed by atoms with Gasteiger partial charge in [-0.2, -0.15) is 5.10 Å². The minimum absolute atomic E-state index is 0.0864. The molecule has 1 fully saturated rings. The van der Waals surface area contributed by atoms with Crippen molar-refractivity contribution in [3.63, 3.8) is 0 Å². The molecule has 0 saturated carbocycles. The predicted molar refractivity (Wildman–Crippen MR) is 74.5 cm³/mol. The zero-order chi connectivity index (χ0) is 14.7. The van der Waals surface area contributed by atoms with E-state index >= 15 is 0 Å². The Bertz CT molecular complexity index is 594. The molecule has 112 valence electrons. The van der Waals surface area contributed by atoms with Crippen LogP contribution in [0, 0.1) is 6.92 Å². The number of hydrogen-bond acceptors (Lipinski definition) is 6. The van der Waals surface area contributed by atoms with Crippen molar-refractivity contribution in [1.29, 1.82) is 0 Å². The van der Waals surface area contributed by atoms with Crippen molar-refractivity contribution in [1.82, 2.24) is 24.8 Å². The van der Waals surface area contributed by atoms with Crippen molar-refractivity contribution < 1.29 is 9.32 Å². The second-order valence-electron chi connectivity index (χ2n) is 5.26. The standard InChI is InChI=1S/C13H18N6O2/c1-10-5-13(21-17-10)16-12(20)7-18-4-2-3-11(18)6-19-9-14-8-15-19/h5,8-9,11H,2-4,6-7H2,1H3,(H,16,20)/t11-/m0/s1. The van der Waals surface area contributed by atoms with Gasteiger partial charge in [0.15, 0.2) is 0 Å². The molecular formula is C13H18N6O2. The third kappa shape index (κ3) is 3.46. The highest BCUT2D eigenvalue weighted by Gasteiger charge is 2.27. The zero-order valence-electron chi connectivity index (χ0n) is 11.9. The first-order valence-corrected chi connectivity index (χ1v) is 7.00. The molecule has 3 rings (SSSR count). The van der Waals surface area contributed by atoms with E-state index in [0.29, 0.717) is 18.5 Å². The number of rotatable bonds is 5. The molecule has 8 nitrogen and oxygen atoms in total. The lowest BCUT2D eigenvalue weighted by atomic mass is 10.2. The van der Waals surface area contributed by atoms with Gasteiger partial charge in [-0.15, -0.1) is 0 Å². The smallest absolute Gasteiger partial charge is 0.240 e. The summed E-state index contributed by atoms with van der Waals surface area (Å²) < 4.78 is 6.79. The number of likely N-dealkylation sites (tertiary alicyclic amines) is 1. The average molecular weight is 290 g/mol. The maximum Gasteiger partial charge on any atom is 0.240 e. The van der Waals surface area contributed by atoms with Gasteiger partial charge in [0.2, 0.25) is 11.8 Å². The van der Waals surface area contributed by atoms with E-state index in [1.165, 1.54) is 6.33 Å². The summed E-state index contributed by atoms with van der Waals surface area (Å²) in [6.45, 7) is 3.84. The van der Waals surface area contributed by atoms with Crippen molar-refractivity contribution in [2.24, 2.45) is 0 Å². The van der Waals surface area contributed by atoms with Crippen LogP contribution in [0.4, 0.5) is 5.88 Å². The molecule has 8 heteroatoms. The van der Waals surface area contributed by atoms with Gasteiger partial charge in [-0.05, 0) is 26.3 Å². The highest BCUT2D eigenvalue weighted by molar-refractivity contribution is 5.91. The Morgan fingerprint density at radius 1 is 1.57 bits per heavy atom. The quantitative estimate of drug-likeness (QED) is 0.871. The molecule has 0 aliphatic carbocycles. The van der Waals surface area contributed by atoms with Gasteiger partial charge in [0, 0.05) is 12.1 Å². The molecule has 2 aromatic rings. The molecular weight excluding hydrogens is 272 g/mol. The van der Waals surface area contributed by atoms with E-state index in [1.54, 1.807) is 17.1 Å². The predicted octanol–water partition coefficient (Wildman–Crippen LogP) is 0.678. The Morgan fingerprint density at radius 3 is 3.19 bits per heavy atom. The van der Waals surface area contributed by atoms with Gasteiger partial charge in [0.1, 0.15) is 12.7 Å². The Labute approximate surface area is 122 Å². The van der Waals surface area contributed by atoms with Crippen LogP contribution in [0.15, 0.2) is 23.2 Å². The molecule has 0 radical (unpaired) electrons. The lowest BCUT2D eigenvalue weighted by Crippen LogP contribution is -2.39. The lowest BCUT2D eigenvalue weighted by Gasteiger charge is -2.23. The number of aromatic nitrogens is 4. The van der Waals surface area contributed by atoms with Crippen LogP contribution in [0.2, 0.25) is 0 Å². The van der Waals surface area contributed by atoms with Gasteiger partial charge in [0.25, 0.3) is 0 Å². The number of aryl methyl sites for hydroxylation is 1. The highest BCUT2D eigenvalue weighted by Crippen LogP contribution is 2.18. The minimum Gasteiger partial charge on any atom is -0.338 e. The maximum atomic E-state index is 12.1. The zero-order valence-corrected chi connectivity index (χ0v) is 11.9. The number of amides is 1. The first kappa shape index (κ1) is 13.7. The molecule has 1 amide bonds. The van der Waals surface area contributed by atoms with E-state index in [1.807, 2.05) is 6.92 Å². The molecule has 3 heterocycles. The van der Waals surface area contributed by atoms with Crippen LogP contribution in [-0.2, 0) is 11.3 Å². The largest absolute Gasteiger partial charge is 0.338 e. The SMILES string of the molecule is Cc1cc(NC(=O)CN2CCC[C@H]2Cn2cncn2)on1. The summed E-state index contributed by atoms with van der Waals surface area (Å²) in [5.74, 6) is 0.307. The van der Waals surface area contributed by atoms with Crippen molar-refractivity contribution in [3.05, 3.63) is 24.4 Å². The molecule has 1 N–H and O–H groups in total. The van der Waals surface area contributed by atoms with E-state index in [0.717, 1.165) is 31.6 Å². The van der Waals surface area contributed by atoms with E-state index in [2.05, 4.69) is 25.5 Å². The first-order chi connectivity index (χ1) is 10.2. The molecule has 1 aliphatic heterocycles. The number of carbonyl (C=O) groups is 1. The molecule has 0 bridgehead atoms. The molecule has 21 heavy (non-hydrogen) atoms. The number of hydrogen-bond donors (Lipinski definition) is 1. The highest BCUT2D eigenvalue weighted by atomic mass is 16.5. The molecule has 1 atom stereocenters. The Hall–Kier alpha value is -2.22. The number of nitrogens with one attached hydrogen (secondary N) is 1. The van der Waals surface area contributed by atoms with E-state index in [4.69, 9.17) is 4.52 Å². The molecule has 0 spiro atoms. The topological polar surface area (TPSA) is 89.1 Å². The molecule has 0 aromatic carbocycles. The molecule has 1 saturated heterocycles. The normalized spacial score (nSPS) is 19.0. The number of anilines is 1. The summed E-state index contributed by atoms with van der Waals surface area (Å²) in [5.41, 5.74) is 0.746. The van der Waals surface area contributed by atoms with Crippen molar-refractivity contribution in [3.8, 4) is 0 Å². The summed E-state index contributed by atoms with van der Waals surface area (Å²) >= 11 is 0. The van der Waals surface area contributed by atoms with E-state index in [9.17, 15) is 4.79 Å². The van der Waals surface area contributed by atoms with Gasteiger partial charge in [-0.1, -0.05) is 5.16 Å². The van der Waals surface area contributed by atoms with Crippen molar-refractivity contribution in [2.45, 2.75) is 32.4 Å². The second kappa shape index (κ2) is 6.04.